The molecule has 0 saturated carbocycles. The van der Waals surface area contributed by atoms with Crippen molar-refractivity contribution in [3.05, 3.63) is 76.7 Å². The van der Waals surface area contributed by atoms with Crippen LogP contribution in [0.1, 0.15) is 18.4 Å². The first-order chi connectivity index (χ1) is 15.5. The lowest BCUT2D eigenvalue weighted by atomic mass is 9.96. The van der Waals surface area contributed by atoms with Gasteiger partial charge in [0, 0.05) is 36.8 Å². The number of piperidine rings is 1. The van der Waals surface area contributed by atoms with Gasteiger partial charge in [-0.3, -0.25) is 14.4 Å². The summed E-state index contributed by atoms with van der Waals surface area (Å²) in [6, 6.07) is 16.3. The van der Waals surface area contributed by atoms with E-state index in [-0.39, 0.29) is 29.8 Å². The number of rotatable bonds is 5. The monoisotopic (exact) mass is 431 g/mol. The summed E-state index contributed by atoms with van der Waals surface area (Å²) in [6.07, 6.45) is 2.79. The molecule has 0 bridgehead atoms. The molecule has 1 aliphatic heterocycles. The average molecular weight is 431 g/mol. The standard InChI is InChI=1S/C24H25N5O3/c1-17-9-12-25-21(15-17)26-24(32)19-10-13-28(14-11-19)23(31)16-29-22(30)8-7-20(27-29)18-5-3-2-4-6-18/h2-9,12,15,19H,10-11,13-14,16H2,1H3,(H,25,26,32). The van der Waals surface area contributed by atoms with E-state index in [9.17, 15) is 14.4 Å². The first-order valence-corrected chi connectivity index (χ1v) is 10.6. The third-order valence-corrected chi connectivity index (χ3v) is 5.61. The predicted molar refractivity (Wildman–Crippen MR) is 121 cm³/mol. The first-order valence-electron chi connectivity index (χ1n) is 10.6. The molecular formula is C24H25N5O3. The largest absolute Gasteiger partial charge is 0.341 e. The Morgan fingerprint density at radius 2 is 1.81 bits per heavy atom. The fourth-order valence-electron chi connectivity index (χ4n) is 3.78. The zero-order chi connectivity index (χ0) is 22.5. The number of nitrogens with zero attached hydrogens (tertiary/aromatic N) is 4. The van der Waals surface area contributed by atoms with Crippen molar-refractivity contribution in [1.82, 2.24) is 19.7 Å². The maximum absolute atomic E-state index is 12.8. The fraction of sp³-hybridized carbons (Fsp3) is 0.292. The summed E-state index contributed by atoms with van der Waals surface area (Å²) in [5.41, 5.74) is 2.22. The number of carbonyl (C=O) groups excluding carboxylic acids is 2. The van der Waals surface area contributed by atoms with Crippen molar-refractivity contribution in [3.63, 3.8) is 0 Å². The highest BCUT2D eigenvalue weighted by atomic mass is 16.2. The van der Waals surface area contributed by atoms with Crippen LogP contribution < -0.4 is 10.9 Å². The summed E-state index contributed by atoms with van der Waals surface area (Å²) >= 11 is 0. The van der Waals surface area contributed by atoms with Crippen molar-refractivity contribution in [2.24, 2.45) is 5.92 Å². The number of aryl methyl sites for hydroxylation is 1. The molecule has 8 nitrogen and oxygen atoms in total. The smallest absolute Gasteiger partial charge is 0.267 e. The van der Waals surface area contributed by atoms with Gasteiger partial charge in [-0.1, -0.05) is 30.3 Å². The van der Waals surface area contributed by atoms with E-state index in [1.165, 1.54) is 10.7 Å². The zero-order valence-electron chi connectivity index (χ0n) is 17.9. The van der Waals surface area contributed by atoms with Crippen LogP contribution in [-0.4, -0.2) is 44.6 Å². The minimum absolute atomic E-state index is 0.0800. The van der Waals surface area contributed by atoms with Gasteiger partial charge in [-0.15, -0.1) is 0 Å². The van der Waals surface area contributed by atoms with Gasteiger partial charge in [0.1, 0.15) is 12.4 Å². The molecule has 0 aliphatic carbocycles. The number of likely N-dealkylation sites (tertiary alicyclic amines) is 1. The van der Waals surface area contributed by atoms with E-state index >= 15 is 0 Å². The van der Waals surface area contributed by atoms with Crippen molar-refractivity contribution < 1.29 is 9.59 Å². The minimum Gasteiger partial charge on any atom is -0.341 e. The number of hydrogen-bond acceptors (Lipinski definition) is 5. The van der Waals surface area contributed by atoms with E-state index < -0.39 is 0 Å². The van der Waals surface area contributed by atoms with E-state index in [1.807, 2.05) is 49.4 Å². The highest BCUT2D eigenvalue weighted by Gasteiger charge is 2.28. The third kappa shape index (κ3) is 5.08. The third-order valence-electron chi connectivity index (χ3n) is 5.61. The van der Waals surface area contributed by atoms with Gasteiger partial charge in [-0.05, 0) is 43.5 Å². The van der Waals surface area contributed by atoms with Gasteiger partial charge in [0.25, 0.3) is 5.56 Å². The predicted octanol–water partition coefficient (Wildman–Crippen LogP) is 2.49. The molecule has 1 N–H and O–H groups in total. The van der Waals surface area contributed by atoms with Crippen molar-refractivity contribution in [2.75, 3.05) is 18.4 Å². The van der Waals surface area contributed by atoms with Crippen LogP contribution in [0.2, 0.25) is 0 Å². The number of benzene rings is 1. The molecule has 0 atom stereocenters. The van der Waals surface area contributed by atoms with Gasteiger partial charge in [0.05, 0.1) is 5.69 Å². The summed E-state index contributed by atoms with van der Waals surface area (Å²) in [7, 11) is 0. The number of aromatic nitrogens is 3. The highest BCUT2D eigenvalue weighted by molar-refractivity contribution is 5.92. The Hall–Kier alpha value is -3.81. The zero-order valence-corrected chi connectivity index (χ0v) is 17.9. The van der Waals surface area contributed by atoms with E-state index in [0.717, 1.165) is 11.1 Å². The molecule has 1 aliphatic rings. The molecule has 0 spiro atoms. The Bertz CT molecular complexity index is 1170. The fourth-order valence-corrected chi connectivity index (χ4v) is 3.78. The second kappa shape index (κ2) is 9.55. The second-order valence-electron chi connectivity index (χ2n) is 7.94. The van der Waals surface area contributed by atoms with Gasteiger partial charge in [0.2, 0.25) is 11.8 Å². The molecule has 2 aromatic heterocycles. The van der Waals surface area contributed by atoms with Crippen LogP contribution in [0, 0.1) is 12.8 Å². The molecule has 2 amide bonds. The molecular weight excluding hydrogens is 406 g/mol. The van der Waals surface area contributed by atoms with Crippen LogP contribution in [0.5, 0.6) is 0 Å². The normalized spacial score (nSPS) is 14.2. The van der Waals surface area contributed by atoms with E-state index in [1.54, 1.807) is 17.2 Å². The molecule has 0 radical (unpaired) electrons. The van der Waals surface area contributed by atoms with Crippen LogP contribution in [-0.2, 0) is 16.1 Å². The number of hydrogen-bond donors (Lipinski definition) is 1. The number of amides is 2. The molecule has 4 rings (SSSR count). The van der Waals surface area contributed by atoms with Crippen LogP contribution >= 0.6 is 0 Å². The van der Waals surface area contributed by atoms with Gasteiger partial charge < -0.3 is 10.2 Å². The second-order valence-corrected chi connectivity index (χ2v) is 7.94. The number of pyridine rings is 1. The van der Waals surface area contributed by atoms with Gasteiger partial charge in [0.15, 0.2) is 0 Å². The van der Waals surface area contributed by atoms with Crippen molar-refractivity contribution in [3.8, 4) is 11.3 Å². The molecule has 8 heteroatoms. The summed E-state index contributed by atoms with van der Waals surface area (Å²) in [5, 5.41) is 7.22. The molecule has 1 saturated heterocycles. The number of nitrogens with one attached hydrogen (secondary N) is 1. The topological polar surface area (TPSA) is 97.2 Å². The molecule has 0 unspecified atom stereocenters. The molecule has 1 aromatic carbocycles. The van der Waals surface area contributed by atoms with Crippen molar-refractivity contribution in [1.29, 1.82) is 0 Å². The molecule has 3 heterocycles. The first kappa shape index (κ1) is 21.4. The molecule has 1 fully saturated rings. The van der Waals surface area contributed by atoms with Gasteiger partial charge in [-0.25, -0.2) is 9.67 Å². The van der Waals surface area contributed by atoms with E-state index in [4.69, 9.17) is 0 Å². The minimum atomic E-state index is -0.321. The maximum Gasteiger partial charge on any atom is 0.267 e. The summed E-state index contributed by atoms with van der Waals surface area (Å²) < 4.78 is 1.20. The highest BCUT2D eigenvalue weighted by Crippen LogP contribution is 2.20. The lowest BCUT2D eigenvalue weighted by Crippen LogP contribution is -2.44. The number of anilines is 1. The Morgan fingerprint density at radius 3 is 2.53 bits per heavy atom. The summed E-state index contributed by atoms with van der Waals surface area (Å²) in [4.78, 5) is 43.4. The molecule has 164 valence electrons. The maximum atomic E-state index is 12.8. The summed E-state index contributed by atoms with van der Waals surface area (Å²) in [5.74, 6) is 0.105. The summed E-state index contributed by atoms with van der Waals surface area (Å²) in [6.45, 7) is 2.75. The van der Waals surface area contributed by atoms with Crippen molar-refractivity contribution in [2.45, 2.75) is 26.3 Å². The Morgan fingerprint density at radius 1 is 1.06 bits per heavy atom. The van der Waals surface area contributed by atoms with E-state index in [2.05, 4.69) is 15.4 Å². The lowest BCUT2D eigenvalue weighted by Gasteiger charge is -2.31. The Labute approximate surface area is 185 Å². The van der Waals surface area contributed by atoms with E-state index in [0.29, 0.717) is 37.4 Å². The Balaban J connectivity index is 1.35. The van der Waals surface area contributed by atoms with Crippen LogP contribution in [0.15, 0.2) is 65.6 Å². The molecule has 32 heavy (non-hydrogen) atoms. The number of carbonyl (C=O) groups is 2. The van der Waals surface area contributed by atoms with Crippen LogP contribution in [0.3, 0.4) is 0 Å². The van der Waals surface area contributed by atoms with Crippen LogP contribution in [0.4, 0.5) is 5.82 Å². The SMILES string of the molecule is Cc1ccnc(NC(=O)C2CCN(C(=O)Cn3nc(-c4ccccc4)ccc3=O)CC2)c1. The van der Waals surface area contributed by atoms with Gasteiger partial charge in [-0.2, -0.15) is 5.10 Å². The van der Waals surface area contributed by atoms with Crippen LogP contribution in [0.25, 0.3) is 11.3 Å². The average Bonchev–Trinajstić information content (AvgIpc) is 2.81. The quantitative estimate of drug-likeness (QED) is 0.669. The molecule has 3 aromatic rings. The Kier molecular flexibility index (Phi) is 6.39. The lowest BCUT2D eigenvalue weighted by molar-refractivity contribution is -0.135. The van der Waals surface area contributed by atoms with Crippen molar-refractivity contribution >= 4 is 17.6 Å². The van der Waals surface area contributed by atoms with Gasteiger partial charge >= 0.3 is 0 Å².